The first kappa shape index (κ1) is 15.9. The summed E-state index contributed by atoms with van der Waals surface area (Å²) >= 11 is 3.37. The lowest BCUT2D eigenvalue weighted by atomic mass is 10.1. The van der Waals surface area contributed by atoms with E-state index in [1.165, 1.54) is 12.1 Å². The van der Waals surface area contributed by atoms with Crippen LogP contribution in [-0.2, 0) is 6.54 Å². The molecule has 0 radical (unpaired) electrons. The van der Waals surface area contributed by atoms with E-state index in [2.05, 4.69) is 25.8 Å². The average molecular weight is 361 g/mol. The van der Waals surface area contributed by atoms with Gasteiger partial charge in [0.1, 0.15) is 11.9 Å². The summed E-state index contributed by atoms with van der Waals surface area (Å²) in [5.41, 5.74) is 1.22. The second-order valence-electron chi connectivity index (χ2n) is 4.45. The Bertz CT molecular complexity index is 587. The monoisotopic (exact) mass is 360 g/mol. The summed E-state index contributed by atoms with van der Waals surface area (Å²) in [5, 5.41) is 14.7. The maximum Gasteiger partial charge on any atom is 0.387 e. The minimum absolute atomic E-state index is 0.0575. The van der Waals surface area contributed by atoms with Crippen molar-refractivity contribution in [3.05, 3.63) is 46.2 Å². The van der Waals surface area contributed by atoms with E-state index in [9.17, 15) is 13.9 Å². The van der Waals surface area contributed by atoms with Crippen LogP contribution in [-0.4, -0.2) is 21.5 Å². The molecule has 1 N–H and O–H groups in total. The highest BCUT2D eigenvalue weighted by Crippen LogP contribution is 2.29. The molecule has 0 spiro atoms. The summed E-state index contributed by atoms with van der Waals surface area (Å²) in [6, 6.07) is 5.91. The lowest BCUT2D eigenvalue weighted by molar-refractivity contribution is -0.0498. The third kappa shape index (κ3) is 3.79. The van der Waals surface area contributed by atoms with Crippen molar-refractivity contribution in [1.82, 2.24) is 9.78 Å². The summed E-state index contributed by atoms with van der Waals surface area (Å²) < 4.78 is 30.9. The Hall–Kier alpha value is -1.47. The number of halogens is 3. The van der Waals surface area contributed by atoms with Crippen LogP contribution in [0.5, 0.6) is 5.75 Å². The highest BCUT2D eigenvalue weighted by atomic mass is 79.9. The second-order valence-corrected chi connectivity index (χ2v) is 5.31. The molecule has 7 heteroatoms. The molecule has 0 amide bonds. The zero-order chi connectivity index (χ0) is 15.4. The first-order chi connectivity index (χ1) is 10.0. The number of nitrogens with zero attached hydrogens (tertiary/aromatic N) is 2. The van der Waals surface area contributed by atoms with Crippen molar-refractivity contribution in [3.63, 3.8) is 0 Å². The molecule has 1 atom stereocenters. The molecule has 1 aromatic carbocycles. The molecule has 2 aromatic rings. The summed E-state index contributed by atoms with van der Waals surface area (Å²) in [6.45, 7) is -0.159. The van der Waals surface area contributed by atoms with Gasteiger partial charge in [0.15, 0.2) is 0 Å². The Morgan fingerprint density at radius 3 is 2.57 bits per heavy atom. The first-order valence-electron chi connectivity index (χ1n) is 6.47. The molecule has 1 unspecified atom stereocenters. The number of aliphatic hydroxyl groups excluding tert-OH is 1. The van der Waals surface area contributed by atoms with E-state index in [4.69, 9.17) is 0 Å². The molecule has 2 rings (SSSR count). The highest BCUT2D eigenvalue weighted by Gasteiger charge is 2.19. The van der Waals surface area contributed by atoms with Gasteiger partial charge in [-0.25, -0.2) is 0 Å². The molecule has 0 aliphatic carbocycles. The molecule has 0 saturated carbocycles. The maximum atomic E-state index is 12.1. The number of ether oxygens (including phenoxy) is 1. The van der Waals surface area contributed by atoms with Crippen LogP contribution in [0.1, 0.15) is 30.7 Å². The minimum atomic E-state index is -2.86. The molecule has 0 aliphatic rings. The van der Waals surface area contributed by atoms with Gasteiger partial charge in [0.05, 0.1) is 16.4 Å². The number of aryl methyl sites for hydroxylation is 1. The second kappa shape index (κ2) is 7.00. The van der Waals surface area contributed by atoms with Crippen molar-refractivity contribution in [2.75, 3.05) is 0 Å². The number of aliphatic hydroxyl groups is 1. The van der Waals surface area contributed by atoms with Gasteiger partial charge in [0.2, 0.25) is 0 Å². The molecule has 0 saturated heterocycles. The number of hydrogen-bond acceptors (Lipinski definition) is 3. The van der Waals surface area contributed by atoms with Crippen molar-refractivity contribution in [2.24, 2.45) is 0 Å². The van der Waals surface area contributed by atoms with Crippen LogP contribution in [0.25, 0.3) is 0 Å². The Morgan fingerprint density at radius 2 is 2.00 bits per heavy atom. The lowest BCUT2D eigenvalue weighted by Crippen LogP contribution is -2.10. The minimum Gasteiger partial charge on any atom is -0.435 e. The van der Waals surface area contributed by atoms with Crippen LogP contribution in [0.3, 0.4) is 0 Å². The summed E-state index contributed by atoms with van der Waals surface area (Å²) in [7, 11) is 0. The van der Waals surface area contributed by atoms with Gasteiger partial charge in [-0.15, -0.1) is 0 Å². The van der Waals surface area contributed by atoms with Gasteiger partial charge in [-0.1, -0.05) is 19.1 Å². The van der Waals surface area contributed by atoms with Crippen molar-refractivity contribution in [3.8, 4) is 5.75 Å². The van der Waals surface area contributed by atoms with Crippen LogP contribution in [0.4, 0.5) is 8.78 Å². The average Bonchev–Trinajstić information content (AvgIpc) is 2.80. The van der Waals surface area contributed by atoms with Crippen LogP contribution in [0.2, 0.25) is 0 Å². The van der Waals surface area contributed by atoms with Crippen molar-refractivity contribution in [1.29, 1.82) is 0 Å². The smallest absolute Gasteiger partial charge is 0.387 e. The topological polar surface area (TPSA) is 47.3 Å². The SMILES string of the molecule is CCCn1ncc(Br)c1C(O)c1ccc(OC(F)F)cc1. The molecule has 0 aliphatic heterocycles. The van der Waals surface area contributed by atoms with Crippen molar-refractivity contribution >= 4 is 15.9 Å². The summed E-state index contributed by atoms with van der Waals surface area (Å²) in [6.07, 6.45) is 1.62. The molecule has 1 aromatic heterocycles. The van der Waals surface area contributed by atoms with Crippen LogP contribution in [0.15, 0.2) is 34.9 Å². The fourth-order valence-corrected chi connectivity index (χ4v) is 2.54. The van der Waals surface area contributed by atoms with Gasteiger partial charge in [-0.3, -0.25) is 4.68 Å². The highest BCUT2D eigenvalue weighted by molar-refractivity contribution is 9.10. The lowest BCUT2D eigenvalue weighted by Gasteiger charge is -2.15. The van der Waals surface area contributed by atoms with E-state index in [0.29, 0.717) is 22.3 Å². The maximum absolute atomic E-state index is 12.1. The normalized spacial score (nSPS) is 12.7. The standard InChI is InChI=1S/C14H15BrF2N2O2/c1-2-7-19-12(11(15)8-18-19)13(20)9-3-5-10(6-4-9)21-14(16)17/h3-6,8,13-14,20H,2,7H2,1H3. The third-order valence-electron chi connectivity index (χ3n) is 2.95. The largest absolute Gasteiger partial charge is 0.435 e. The molecule has 4 nitrogen and oxygen atoms in total. The molecule has 0 bridgehead atoms. The van der Waals surface area contributed by atoms with Crippen LogP contribution < -0.4 is 4.74 Å². The Morgan fingerprint density at radius 1 is 1.33 bits per heavy atom. The molecule has 114 valence electrons. The third-order valence-corrected chi connectivity index (χ3v) is 3.56. The molecule has 0 fully saturated rings. The number of hydrogen-bond donors (Lipinski definition) is 1. The van der Waals surface area contributed by atoms with E-state index in [-0.39, 0.29) is 5.75 Å². The fraction of sp³-hybridized carbons (Fsp3) is 0.357. The fourth-order valence-electron chi connectivity index (χ4n) is 2.02. The van der Waals surface area contributed by atoms with E-state index in [1.807, 2.05) is 6.92 Å². The van der Waals surface area contributed by atoms with Crippen LogP contribution >= 0.6 is 15.9 Å². The Labute approximate surface area is 129 Å². The number of benzene rings is 1. The van der Waals surface area contributed by atoms with Gasteiger partial charge < -0.3 is 9.84 Å². The van der Waals surface area contributed by atoms with Crippen molar-refractivity contribution in [2.45, 2.75) is 32.6 Å². The zero-order valence-electron chi connectivity index (χ0n) is 11.3. The predicted octanol–water partition coefficient (Wildman–Crippen LogP) is 3.74. The number of rotatable bonds is 6. The summed E-state index contributed by atoms with van der Waals surface area (Å²) in [4.78, 5) is 0. The number of alkyl halides is 2. The van der Waals surface area contributed by atoms with E-state index >= 15 is 0 Å². The Balaban J connectivity index is 2.23. The van der Waals surface area contributed by atoms with E-state index < -0.39 is 12.7 Å². The molecular formula is C14H15BrF2N2O2. The zero-order valence-corrected chi connectivity index (χ0v) is 12.9. The molecule has 21 heavy (non-hydrogen) atoms. The van der Waals surface area contributed by atoms with Gasteiger partial charge in [0.25, 0.3) is 0 Å². The Kier molecular flexibility index (Phi) is 5.30. The van der Waals surface area contributed by atoms with Crippen molar-refractivity contribution < 1.29 is 18.6 Å². The summed E-state index contributed by atoms with van der Waals surface area (Å²) in [5.74, 6) is 0.0575. The molecular weight excluding hydrogens is 346 g/mol. The van der Waals surface area contributed by atoms with Crippen LogP contribution in [0, 0.1) is 0 Å². The van der Waals surface area contributed by atoms with Gasteiger partial charge in [-0.05, 0) is 40.0 Å². The molecule has 1 heterocycles. The first-order valence-corrected chi connectivity index (χ1v) is 7.26. The predicted molar refractivity (Wildman–Crippen MR) is 77.4 cm³/mol. The van der Waals surface area contributed by atoms with Gasteiger partial charge >= 0.3 is 6.61 Å². The van der Waals surface area contributed by atoms with E-state index in [0.717, 1.165) is 6.42 Å². The number of aromatic nitrogens is 2. The van der Waals surface area contributed by atoms with E-state index in [1.54, 1.807) is 23.0 Å². The van der Waals surface area contributed by atoms with Gasteiger partial charge in [0, 0.05) is 6.54 Å². The quantitative estimate of drug-likeness (QED) is 0.853. The van der Waals surface area contributed by atoms with Gasteiger partial charge in [-0.2, -0.15) is 13.9 Å².